The number of benzene rings is 1. The Bertz CT molecular complexity index is 568. The SMILES string of the molecule is Cc1ncsc1C(=O)Nc1ccc(O)cc1F. The third kappa shape index (κ3) is 2.42. The molecule has 1 aromatic heterocycles. The van der Waals surface area contributed by atoms with E-state index in [2.05, 4.69) is 10.3 Å². The highest BCUT2D eigenvalue weighted by Crippen LogP contribution is 2.21. The third-order valence-corrected chi connectivity index (χ3v) is 3.08. The fourth-order valence-corrected chi connectivity index (χ4v) is 2.00. The number of amides is 1. The van der Waals surface area contributed by atoms with Gasteiger partial charge in [-0.3, -0.25) is 4.79 Å². The van der Waals surface area contributed by atoms with Gasteiger partial charge in [0.2, 0.25) is 0 Å². The van der Waals surface area contributed by atoms with Gasteiger partial charge in [-0.25, -0.2) is 9.37 Å². The molecule has 2 N–H and O–H groups in total. The fourth-order valence-electron chi connectivity index (χ4n) is 1.30. The summed E-state index contributed by atoms with van der Waals surface area (Å²) in [5.41, 5.74) is 2.18. The maximum Gasteiger partial charge on any atom is 0.267 e. The predicted octanol–water partition coefficient (Wildman–Crippen LogP) is 2.55. The number of halogens is 1. The Balaban J connectivity index is 2.22. The molecular formula is C11H9FN2O2S. The number of nitrogens with one attached hydrogen (secondary N) is 1. The zero-order valence-corrected chi connectivity index (χ0v) is 9.71. The normalized spacial score (nSPS) is 10.2. The summed E-state index contributed by atoms with van der Waals surface area (Å²) in [7, 11) is 0. The van der Waals surface area contributed by atoms with E-state index in [-0.39, 0.29) is 11.4 Å². The van der Waals surface area contributed by atoms with E-state index in [1.54, 1.807) is 12.4 Å². The van der Waals surface area contributed by atoms with Gasteiger partial charge in [-0.1, -0.05) is 0 Å². The molecule has 0 atom stereocenters. The summed E-state index contributed by atoms with van der Waals surface area (Å²) in [6, 6.07) is 3.55. The van der Waals surface area contributed by atoms with E-state index in [1.165, 1.54) is 23.5 Å². The Labute approximate surface area is 101 Å². The van der Waals surface area contributed by atoms with E-state index in [1.807, 2.05) is 0 Å². The van der Waals surface area contributed by atoms with Crippen LogP contribution in [0.2, 0.25) is 0 Å². The molecule has 17 heavy (non-hydrogen) atoms. The quantitative estimate of drug-likeness (QED) is 0.807. The number of phenols is 1. The number of nitrogens with zero attached hydrogens (tertiary/aromatic N) is 1. The van der Waals surface area contributed by atoms with Gasteiger partial charge in [0.05, 0.1) is 16.9 Å². The van der Waals surface area contributed by atoms with Crippen molar-refractivity contribution in [2.45, 2.75) is 6.92 Å². The molecule has 2 aromatic rings. The first-order valence-corrected chi connectivity index (χ1v) is 5.66. The maximum absolute atomic E-state index is 13.4. The molecule has 0 bridgehead atoms. The number of rotatable bonds is 2. The molecule has 1 amide bonds. The number of aromatic hydroxyl groups is 1. The molecule has 6 heteroatoms. The molecule has 2 rings (SSSR count). The van der Waals surface area contributed by atoms with Crippen LogP contribution in [0.15, 0.2) is 23.7 Å². The second-order valence-electron chi connectivity index (χ2n) is 3.39. The first-order valence-electron chi connectivity index (χ1n) is 4.78. The molecule has 0 aliphatic rings. The topological polar surface area (TPSA) is 62.2 Å². The van der Waals surface area contributed by atoms with Crippen LogP contribution in [-0.4, -0.2) is 16.0 Å². The van der Waals surface area contributed by atoms with Crippen LogP contribution in [0, 0.1) is 12.7 Å². The number of aryl methyl sites for hydroxylation is 1. The van der Waals surface area contributed by atoms with Gasteiger partial charge in [0.25, 0.3) is 5.91 Å². The number of hydrogen-bond acceptors (Lipinski definition) is 4. The van der Waals surface area contributed by atoms with E-state index in [4.69, 9.17) is 5.11 Å². The lowest BCUT2D eigenvalue weighted by atomic mass is 10.2. The van der Waals surface area contributed by atoms with Gasteiger partial charge in [0.15, 0.2) is 0 Å². The van der Waals surface area contributed by atoms with E-state index in [0.29, 0.717) is 10.6 Å². The Hall–Kier alpha value is -1.95. The molecule has 0 saturated carbocycles. The van der Waals surface area contributed by atoms with Crippen molar-refractivity contribution >= 4 is 22.9 Å². The molecular weight excluding hydrogens is 243 g/mol. The molecule has 0 aliphatic heterocycles. The largest absolute Gasteiger partial charge is 0.508 e. The van der Waals surface area contributed by atoms with Gasteiger partial charge in [-0.2, -0.15) is 0 Å². The van der Waals surface area contributed by atoms with Crippen molar-refractivity contribution < 1.29 is 14.3 Å². The van der Waals surface area contributed by atoms with Crippen molar-refractivity contribution in [1.82, 2.24) is 4.98 Å². The lowest BCUT2D eigenvalue weighted by molar-refractivity contribution is 0.102. The second-order valence-corrected chi connectivity index (χ2v) is 4.24. The zero-order valence-electron chi connectivity index (χ0n) is 8.90. The molecule has 0 unspecified atom stereocenters. The van der Waals surface area contributed by atoms with E-state index < -0.39 is 11.7 Å². The maximum atomic E-state index is 13.4. The van der Waals surface area contributed by atoms with Crippen LogP contribution in [-0.2, 0) is 0 Å². The summed E-state index contributed by atoms with van der Waals surface area (Å²) in [5.74, 6) is -1.27. The first kappa shape index (κ1) is 11.5. The highest BCUT2D eigenvalue weighted by atomic mass is 32.1. The average Bonchev–Trinajstić information content (AvgIpc) is 2.68. The molecule has 0 fully saturated rings. The lowest BCUT2D eigenvalue weighted by Gasteiger charge is -2.05. The van der Waals surface area contributed by atoms with E-state index in [0.717, 1.165) is 6.07 Å². The van der Waals surface area contributed by atoms with Gasteiger partial charge in [-0.05, 0) is 19.1 Å². The van der Waals surface area contributed by atoms with Crippen LogP contribution in [0.25, 0.3) is 0 Å². The van der Waals surface area contributed by atoms with Gasteiger partial charge in [0, 0.05) is 6.07 Å². The minimum Gasteiger partial charge on any atom is -0.508 e. The minimum absolute atomic E-state index is 0.0283. The monoisotopic (exact) mass is 252 g/mol. The summed E-state index contributed by atoms with van der Waals surface area (Å²) >= 11 is 1.19. The molecule has 1 aromatic carbocycles. The summed E-state index contributed by atoms with van der Waals surface area (Å²) < 4.78 is 13.4. The summed E-state index contributed by atoms with van der Waals surface area (Å²) in [5, 5.41) is 11.5. The molecule has 0 saturated heterocycles. The van der Waals surface area contributed by atoms with Crippen molar-refractivity contribution in [2.75, 3.05) is 5.32 Å². The third-order valence-electron chi connectivity index (χ3n) is 2.15. The molecule has 0 aliphatic carbocycles. The highest BCUT2D eigenvalue weighted by molar-refractivity contribution is 7.12. The van der Waals surface area contributed by atoms with Crippen LogP contribution in [0.3, 0.4) is 0 Å². The van der Waals surface area contributed by atoms with Crippen LogP contribution in [0.5, 0.6) is 5.75 Å². The number of thiazole rings is 1. The number of aromatic nitrogens is 1. The molecule has 88 valence electrons. The number of anilines is 1. The first-order chi connectivity index (χ1) is 8.08. The summed E-state index contributed by atoms with van der Waals surface area (Å²) in [6.45, 7) is 1.71. The van der Waals surface area contributed by atoms with Gasteiger partial charge < -0.3 is 10.4 Å². The van der Waals surface area contributed by atoms with Gasteiger partial charge >= 0.3 is 0 Å². The minimum atomic E-state index is -0.680. The Morgan fingerprint density at radius 1 is 1.53 bits per heavy atom. The van der Waals surface area contributed by atoms with Crippen molar-refractivity contribution in [3.05, 3.63) is 40.1 Å². The van der Waals surface area contributed by atoms with Gasteiger partial charge in [-0.15, -0.1) is 11.3 Å². The smallest absolute Gasteiger partial charge is 0.267 e. The van der Waals surface area contributed by atoms with Crippen molar-refractivity contribution in [3.63, 3.8) is 0 Å². The second kappa shape index (κ2) is 4.50. The fraction of sp³-hybridized carbons (Fsp3) is 0.0909. The number of carbonyl (C=O) groups excluding carboxylic acids is 1. The lowest BCUT2D eigenvalue weighted by Crippen LogP contribution is -2.12. The molecule has 4 nitrogen and oxygen atoms in total. The van der Waals surface area contributed by atoms with E-state index in [9.17, 15) is 9.18 Å². The standard InChI is InChI=1S/C11H9FN2O2S/c1-6-10(17-5-13-6)11(16)14-9-3-2-7(15)4-8(9)12/h2-5,15H,1H3,(H,14,16). The number of carbonyl (C=O) groups is 1. The number of phenolic OH excluding ortho intramolecular Hbond substituents is 1. The Morgan fingerprint density at radius 2 is 2.29 bits per heavy atom. The molecule has 0 radical (unpaired) electrons. The average molecular weight is 252 g/mol. The predicted molar refractivity (Wildman–Crippen MR) is 62.9 cm³/mol. The molecule has 0 spiro atoms. The Morgan fingerprint density at radius 3 is 2.88 bits per heavy atom. The van der Waals surface area contributed by atoms with Crippen LogP contribution < -0.4 is 5.32 Å². The number of hydrogen-bond donors (Lipinski definition) is 2. The molecule has 1 heterocycles. The Kier molecular flexibility index (Phi) is 3.06. The van der Waals surface area contributed by atoms with Gasteiger partial charge in [0.1, 0.15) is 16.4 Å². The van der Waals surface area contributed by atoms with Crippen molar-refractivity contribution in [1.29, 1.82) is 0 Å². The van der Waals surface area contributed by atoms with Crippen LogP contribution in [0.1, 0.15) is 15.4 Å². The van der Waals surface area contributed by atoms with Crippen molar-refractivity contribution in [3.8, 4) is 5.75 Å². The van der Waals surface area contributed by atoms with E-state index >= 15 is 0 Å². The van der Waals surface area contributed by atoms with Crippen LogP contribution >= 0.6 is 11.3 Å². The summed E-state index contributed by atoms with van der Waals surface area (Å²) in [6.07, 6.45) is 0. The highest BCUT2D eigenvalue weighted by Gasteiger charge is 2.13. The summed E-state index contributed by atoms with van der Waals surface area (Å²) in [4.78, 5) is 16.1. The van der Waals surface area contributed by atoms with Crippen molar-refractivity contribution in [2.24, 2.45) is 0 Å². The van der Waals surface area contributed by atoms with Crippen LogP contribution in [0.4, 0.5) is 10.1 Å². The zero-order chi connectivity index (χ0) is 12.4.